The molecule has 0 saturated carbocycles. The van der Waals surface area contributed by atoms with E-state index in [9.17, 15) is 9.59 Å². The smallest absolute Gasteiger partial charge is 0.282 e. The number of amides is 2. The first-order chi connectivity index (χ1) is 17.0. The highest BCUT2D eigenvalue weighted by molar-refractivity contribution is 6.47. The third-order valence-corrected chi connectivity index (χ3v) is 6.10. The Kier molecular flexibility index (Phi) is 5.71. The standard InChI is InChI=1S/C29H24N2O4/c1-18-11-13-20(14-12-18)26-27(30-23-17-21(34-2)15-16-25(23)35-3)29(33)31(28(26)32)24-10-6-8-19-7-4-5-9-22(19)24/h4-17,30H,1-3H3. The van der Waals surface area contributed by atoms with E-state index in [0.29, 0.717) is 34.0 Å². The summed E-state index contributed by atoms with van der Waals surface area (Å²) in [5, 5.41) is 4.95. The third kappa shape index (κ3) is 3.89. The average Bonchev–Trinajstić information content (AvgIpc) is 3.13. The minimum Gasteiger partial charge on any atom is -0.497 e. The van der Waals surface area contributed by atoms with Gasteiger partial charge in [0, 0.05) is 11.5 Å². The fourth-order valence-electron chi connectivity index (χ4n) is 4.30. The van der Waals surface area contributed by atoms with Gasteiger partial charge in [0.15, 0.2) is 0 Å². The van der Waals surface area contributed by atoms with E-state index in [2.05, 4.69) is 5.32 Å². The second-order valence-electron chi connectivity index (χ2n) is 8.25. The monoisotopic (exact) mass is 464 g/mol. The number of benzene rings is 4. The molecular weight excluding hydrogens is 440 g/mol. The maximum Gasteiger partial charge on any atom is 0.282 e. The summed E-state index contributed by atoms with van der Waals surface area (Å²) in [7, 11) is 3.11. The van der Waals surface area contributed by atoms with Crippen molar-refractivity contribution in [1.82, 2.24) is 0 Å². The van der Waals surface area contributed by atoms with Gasteiger partial charge in [-0.2, -0.15) is 0 Å². The zero-order valence-electron chi connectivity index (χ0n) is 19.7. The van der Waals surface area contributed by atoms with Crippen molar-refractivity contribution in [2.24, 2.45) is 0 Å². The molecule has 0 fully saturated rings. The average molecular weight is 465 g/mol. The molecule has 4 aromatic carbocycles. The van der Waals surface area contributed by atoms with Gasteiger partial charge in [-0.3, -0.25) is 9.59 Å². The number of carbonyl (C=O) groups is 2. The molecule has 1 N–H and O–H groups in total. The molecule has 0 saturated heterocycles. The number of fused-ring (bicyclic) bond motifs is 1. The second kappa shape index (κ2) is 8.99. The van der Waals surface area contributed by atoms with E-state index >= 15 is 0 Å². The van der Waals surface area contributed by atoms with E-state index in [1.165, 1.54) is 4.90 Å². The van der Waals surface area contributed by atoms with Gasteiger partial charge >= 0.3 is 0 Å². The molecule has 0 atom stereocenters. The topological polar surface area (TPSA) is 67.9 Å². The van der Waals surface area contributed by atoms with Crippen LogP contribution in [0.3, 0.4) is 0 Å². The summed E-state index contributed by atoms with van der Waals surface area (Å²) in [5.41, 5.74) is 3.25. The summed E-state index contributed by atoms with van der Waals surface area (Å²) in [6.07, 6.45) is 0. The highest BCUT2D eigenvalue weighted by Crippen LogP contribution is 2.39. The molecule has 0 aromatic heterocycles. The molecule has 1 aliphatic rings. The summed E-state index contributed by atoms with van der Waals surface area (Å²) in [6, 6.07) is 26.1. The lowest BCUT2D eigenvalue weighted by Crippen LogP contribution is -2.32. The number of carbonyl (C=O) groups excluding carboxylic acids is 2. The summed E-state index contributed by atoms with van der Waals surface area (Å²) in [6.45, 7) is 1.97. The van der Waals surface area contributed by atoms with Crippen molar-refractivity contribution in [3.8, 4) is 11.5 Å². The maximum absolute atomic E-state index is 13.9. The van der Waals surface area contributed by atoms with Crippen molar-refractivity contribution in [3.05, 3.63) is 102 Å². The number of nitrogens with zero attached hydrogens (tertiary/aromatic N) is 1. The highest BCUT2D eigenvalue weighted by atomic mass is 16.5. The third-order valence-electron chi connectivity index (χ3n) is 6.10. The normalized spacial score (nSPS) is 13.5. The quantitative estimate of drug-likeness (QED) is 0.378. The molecule has 0 bridgehead atoms. The number of rotatable bonds is 6. The highest BCUT2D eigenvalue weighted by Gasteiger charge is 2.41. The second-order valence-corrected chi connectivity index (χ2v) is 8.25. The minimum absolute atomic E-state index is 0.179. The number of aryl methyl sites for hydroxylation is 1. The number of anilines is 2. The van der Waals surface area contributed by atoms with Crippen LogP contribution in [0.2, 0.25) is 0 Å². The molecule has 1 aliphatic heterocycles. The lowest BCUT2D eigenvalue weighted by atomic mass is 10.0. The largest absolute Gasteiger partial charge is 0.497 e. The van der Waals surface area contributed by atoms with Crippen LogP contribution in [-0.4, -0.2) is 26.0 Å². The predicted molar refractivity (Wildman–Crippen MR) is 138 cm³/mol. The first-order valence-electron chi connectivity index (χ1n) is 11.2. The van der Waals surface area contributed by atoms with Crippen molar-refractivity contribution in [3.63, 3.8) is 0 Å². The van der Waals surface area contributed by atoms with Crippen LogP contribution < -0.4 is 19.7 Å². The van der Waals surface area contributed by atoms with E-state index in [1.54, 1.807) is 38.5 Å². The van der Waals surface area contributed by atoms with Gasteiger partial charge < -0.3 is 14.8 Å². The summed E-state index contributed by atoms with van der Waals surface area (Å²) in [4.78, 5) is 29.0. The lowest BCUT2D eigenvalue weighted by Gasteiger charge is -2.18. The molecule has 6 heteroatoms. The Morgan fingerprint density at radius 2 is 1.51 bits per heavy atom. The molecule has 6 nitrogen and oxygen atoms in total. The zero-order valence-corrected chi connectivity index (χ0v) is 19.7. The van der Waals surface area contributed by atoms with Gasteiger partial charge in [0.1, 0.15) is 17.2 Å². The molecule has 174 valence electrons. The molecule has 0 aliphatic carbocycles. The van der Waals surface area contributed by atoms with Gasteiger partial charge in [-0.25, -0.2) is 4.90 Å². The van der Waals surface area contributed by atoms with Crippen molar-refractivity contribution < 1.29 is 19.1 Å². The molecule has 0 radical (unpaired) electrons. The Morgan fingerprint density at radius 3 is 2.26 bits per heavy atom. The van der Waals surface area contributed by atoms with Gasteiger partial charge in [-0.05, 0) is 36.1 Å². The van der Waals surface area contributed by atoms with Gasteiger partial charge in [0.05, 0.1) is 31.2 Å². The zero-order chi connectivity index (χ0) is 24.5. The van der Waals surface area contributed by atoms with Crippen molar-refractivity contribution in [2.45, 2.75) is 6.92 Å². The lowest BCUT2D eigenvalue weighted by molar-refractivity contribution is -0.120. The van der Waals surface area contributed by atoms with Gasteiger partial charge in [0.25, 0.3) is 11.8 Å². The molecule has 1 heterocycles. The van der Waals surface area contributed by atoms with E-state index in [4.69, 9.17) is 9.47 Å². The maximum atomic E-state index is 13.9. The van der Waals surface area contributed by atoms with Crippen molar-refractivity contribution >= 4 is 39.5 Å². The Hall–Kier alpha value is -4.58. The van der Waals surface area contributed by atoms with Gasteiger partial charge in [0.2, 0.25) is 0 Å². The van der Waals surface area contributed by atoms with E-state index in [0.717, 1.165) is 16.3 Å². The number of hydrogen-bond donors (Lipinski definition) is 1. The number of ether oxygens (including phenoxy) is 2. The predicted octanol–water partition coefficient (Wildman–Crippen LogP) is 5.56. The van der Waals surface area contributed by atoms with Crippen LogP contribution in [0.15, 0.2) is 90.6 Å². The van der Waals surface area contributed by atoms with E-state index in [-0.39, 0.29) is 11.6 Å². The van der Waals surface area contributed by atoms with Crippen molar-refractivity contribution in [2.75, 3.05) is 24.4 Å². The minimum atomic E-state index is -0.438. The van der Waals surface area contributed by atoms with E-state index in [1.807, 2.05) is 67.6 Å². The van der Waals surface area contributed by atoms with Crippen LogP contribution in [0.25, 0.3) is 16.3 Å². The fourth-order valence-corrected chi connectivity index (χ4v) is 4.30. The van der Waals surface area contributed by atoms with Crippen LogP contribution in [0.5, 0.6) is 11.5 Å². The molecular formula is C29H24N2O4. The fraction of sp³-hybridized carbons (Fsp3) is 0.103. The molecule has 0 unspecified atom stereocenters. The van der Waals surface area contributed by atoms with Gasteiger partial charge in [-0.1, -0.05) is 66.2 Å². The molecule has 0 spiro atoms. The number of hydrogen-bond acceptors (Lipinski definition) is 5. The van der Waals surface area contributed by atoms with Crippen LogP contribution in [0, 0.1) is 6.92 Å². The number of imide groups is 1. The molecule has 35 heavy (non-hydrogen) atoms. The molecule has 4 aromatic rings. The van der Waals surface area contributed by atoms with Crippen LogP contribution in [0.1, 0.15) is 11.1 Å². The van der Waals surface area contributed by atoms with E-state index < -0.39 is 5.91 Å². The molecule has 5 rings (SSSR count). The number of nitrogens with one attached hydrogen (secondary N) is 1. The first-order valence-corrected chi connectivity index (χ1v) is 11.2. The van der Waals surface area contributed by atoms with Gasteiger partial charge in [-0.15, -0.1) is 0 Å². The Bertz CT molecular complexity index is 1480. The first kappa shape index (κ1) is 22.2. The van der Waals surface area contributed by atoms with Crippen LogP contribution in [0.4, 0.5) is 11.4 Å². The van der Waals surface area contributed by atoms with Crippen LogP contribution >= 0.6 is 0 Å². The Labute approximate surface area is 203 Å². The Balaban J connectivity index is 1.68. The van der Waals surface area contributed by atoms with Crippen LogP contribution in [-0.2, 0) is 9.59 Å². The SMILES string of the molecule is COc1ccc(OC)c(NC2=C(c3ccc(C)cc3)C(=O)N(c3cccc4ccccc34)C2=O)c1. The number of methoxy groups -OCH3 is 2. The Morgan fingerprint density at radius 1 is 0.771 bits per heavy atom. The summed E-state index contributed by atoms with van der Waals surface area (Å²) in [5.74, 6) is 0.283. The summed E-state index contributed by atoms with van der Waals surface area (Å²) >= 11 is 0. The summed E-state index contributed by atoms with van der Waals surface area (Å²) < 4.78 is 10.8. The van der Waals surface area contributed by atoms with Crippen molar-refractivity contribution in [1.29, 1.82) is 0 Å². The molecule has 2 amide bonds.